The summed E-state index contributed by atoms with van der Waals surface area (Å²) in [5.74, 6) is 1.48. The first-order chi connectivity index (χ1) is 10.1. The maximum Gasteiger partial charge on any atom is 0.198 e. The van der Waals surface area contributed by atoms with Crippen LogP contribution in [0.5, 0.6) is 0 Å². The first-order valence-electron chi connectivity index (χ1n) is 7.31. The highest BCUT2D eigenvalue weighted by Gasteiger charge is 2.54. The van der Waals surface area contributed by atoms with Gasteiger partial charge in [-0.05, 0) is 63.1 Å². The van der Waals surface area contributed by atoms with Gasteiger partial charge in [0.25, 0.3) is 0 Å². The quantitative estimate of drug-likeness (QED) is 0.291. The molecule has 1 fully saturated rings. The molecule has 2 atom stereocenters. The van der Waals surface area contributed by atoms with Gasteiger partial charge >= 0.3 is 0 Å². The number of ketones is 1. The van der Waals surface area contributed by atoms with E-state index in [1.807, 2.05) is 0 Å². The monoisotopic (exact) mass is 528 g/mol. The minimum Gasteiger partial charge on any atom is -0.500 e. The van der Waals surface area contributed by atoms with Gasteiger partial charge in [0.1, 0.15) is 17.1 Å². The van der Waals surface area contributed by atoms with Crippen LogP contribution in [0.2, 0.25) is 0 Å². The molecule has 0 N–H and O–H groups in total. The molecular weight excluding hydrogens is 506 g/mol. The summed E-state index contributed by atoms with van der Waals surface area (Å²) < 4.78 is 13.0. The molecule has 0 amide bonds. The summed E-state index contributed by atoms with van der Waals surface area (Å²) in [4.78, 5) is 12.3. The van der Waals surface area contributed by atoms with E-state index in [9.17, 15) is 4.79 Å². The molecule has 0 spiro atoms. The second-order valence-corrected chi connectivity index (χ2v) is 9.25. The number of methoxy groups -OCH3 is 1. The van der Waals surface area contributed by atoms with E-state index in [1.165, 1.54) is 5.57 Å². The lowest BCUT2D eigenvalue weighted by molar-refractivity contribution is -0.113. The predicted molar refractivity (Wildman–Crippen MR) is 105 cm³/mol. The molecule has 0 unspecified atom stereocenters. The molecule has 2 rings (SSSR count). The van der Waals surface area contributed by atoms with Gasteiger partial charge in [-0.2, -0.15) is 0 Å². The Labute approximate surface area is 159 Å². The van der Waals surface area contributed by atoms with Crippen LogP contribution in [-0.4, -0.2) is 22.4 Å². The number of halogens is 2. The summed E-state index contributed by atoms with van der Waals surface area (Å²) >= 11 is 4.57. The average Bonchev–Trinajstić information content (AvgIpc) is 2.43. The van der Waals surface area contributed by atoms with Crippen molar-refractivity contribution in [2.75, 3.05) is 7.11 Å². The minimum atomic E-state index is -0.363. The van der Waals surface area contributed by atoms with Gasteiger partial charge in [0.15, 0.2) is 5.78 Å². The third-order valence-corrected chi connectivity index (χ3v) is 7.27. The Kier molecular flexibility index (Phi) is 5.36. The van der Waals surface area contributed by atoms with E-state index in [1.54, 1.807) is 13.2 Å². The third kappa shape index (κ3) is 3.12. The number of allylic oxidation sites excluding steroid dienone is 4. The molecule has 3 nitrogen and oxygen atoms in total. The van der Waals surface area contributed by atoms with Crippen LogP contribution in [-0.2, 0) is 14.3 Å². The SMILES string of the molecule is COC1=CC(=O)C(I)=C2OC(C)(C)[C@@H](I)C[C@@]12CC=C(C)C. The van der Waals surface area contributed by atoms with Gasteiger partial charge in [-0.15, -0.1) is 0 Å². The second-order valence-electron chi connectivity index (χ2n) is 6.66. The van der Waals surface area contributed by atoms with Gasteiger partial charge in [0, 0.05) is 6.08 Å². The van der Waals surface area contributed by atoms with Gasteiger partial charge in [0.05, 0.1) is 20.0 Å². The van der Waals surface area contributed by atoms with E-state index < -0.39 is 0 Å². The Morgan fingerprint density at radius 1 is 1.50 bits per heavy atom. The summed E-state index contributed by atoms with van der Waals surface area (Å²) in [5.41, 5.74) is 0.598. The van der Waals surface area contributed by atoms with Gasteiger partial charge in [0.2, 0.25) is 0 Å². The predicted octanol–water partition coefficient (Wildman–Crippen LogP) is 5.09. The summed E-state index contributed by atoms with van der Waals surface area (Å²) in [6.45, 7) is 8.34. The molecule has 1 aliphatic heterocycles. The minimum absolute atomic E-state index is 0.0250. The molecule has 122 valence electrons. The van der Waals surface area contributed by atoms with Crippen molar-refractivity contribution in [3.8, 4) is 0 Å². The van der Waals surface area contributed by atoms with E-state index in [2.05, 4.69) is 79.0 Å². The van der Waals surface area contributed by atoms with Crippen LogP contribution in [0.3, 0.4) is 0 Å². The lowest BCUT2D eigenvalue weighted by Crippen LogP contribution is -2.49. The van der Waals surface area contributed by atoms with Gasteiger partial charge in [-0.3, -0.25) is 4.79 Å². The first kappa shape index (κ1) is 18.3. The molecule has 22 heavy (non-hydrogen) atoms. The van der Waals surface area contributed by atoms with Crippen LogP contribution in [0, 0.1) is 5.41 Å². The van der Waals surface area contributed by atoms with Crippen molar-refractivity contribution in [1.82, 2.24) is 0 Å². The lowest BCUT2D eigenvalue weighted by Gasteiger charge is -2.50. The molecular formula is C17H22I2O3. The Bertz CT molecular complexity index is 583. The van der Waals surface area contributed by atoms with Crippen LogP contribution in [0.25, 0.3) is 0 Å². The number of ether oxygens (including phenoxy) is 2. The number of alkyl halides is 1. The largest absolute Gasteiger partial charge is 0.500 e. The molecule has 1 heterocycles. The smallest absolute Gasteiger partial charge is 0.198 e. The summed E-state index contributed by atoms with van der Waals surface area (Å²) in [7, 11) is 1.64. The van der Waals surface area contributed by atoms with Gasteiger partial charge in [-0.1, -0.05) is 34.2 Å². The van der Waals surface area contributed by atoms with Crippen LogP contribution < -0.4 is 0 Å². The van der Waals surface area contributed by atoms with Crippen molar-refractivity contribution in [3.63, 3.8) is 0 Å². The summed E-state index contributed by atoms with van der Waals surface area (Å²) in [6, 6.07) is 0. The zero-order valence-electron chi connectivity index (χ0n) is 13.6. The number of fused-ring (bicyclic) bond motifs is 1. The molecule has 0 bridgehead atoms. The van der Waals surface area contributed by atoms with Crippen LogP contribution in [0.1, 0.15) is 40.5 Å². The van der Waals surface area contributed by atoms with E-state index in [-0.39, 0.29) is 16.8 Å². The lowest BCUT2D eigenvalue weighted by atomic mass is 9.69. The maximum atomic E-state index is 12.3. The van der Waals surface area contributed by atoms with E-state index in [0.29, 0.717) is 7.50 Å². The summed E-state index contributed by atoms with van der Waals surface area (Å²) in [6.07, 6.45) is 5.53. The zero-order valence-corrected chi connectivity index (χ0v) is 17.9. The van der Waals surface area contributed by atoms with Gasteiger partial charge < -0.3 is 9.47 Å². The molecule has 0 aromatic heterocycles. The van der Waals surface area contributed by atoms with E-state index in [0.717, 1.165) is 24.4 Å². The molecule has 0 aromatic carbocycles. The molecule has 0 saturated carbocycles. The highest BCUT2D eigenvalue weighted by Crippen LogP contribution is 2.56. The van der Waals surface area contributed by atoms with E-state index >= 15 is 0 Å². The van der Waals surface area contributed by atoms with Crippen molar-refractivity contribution in [1.29, 1.82) is 0 Å². The normalized spacial score (nSPS) is 30.2. The Morgan fingerprint density at radius 2 is 2.14 bits per heavy atom. The third-order valence-electron chi connectivity index (χ3n) is 4.31. The number of hydrogen-bond acceptors (Lipinski definition) is 3. The van der Waals surface area contributed by atoms with Crippen molar-refractivity contribution in [2.24, 2.45) is 5.41 Å². The number of hydrogen-bond donors (Lipinski definition) is 0. The molecule has 1 saturated heterocycles. The van der Waals surface area contributed by atoms with E-state index in [4.69, 9.17) is 9.47 Å². The van der Waals surface area contributed by atoms with Crippen molar-refractivity contribution in [2.45, 2.75) is 50.1 Å². The second kappa shape index (κ2) is 6.45. The molecule has 0 aromatic rings. The van der Waals surface area contributed by atoms with Crippen molar-refractivity contribution in [3.05, 3.63) is 32.8 Å². The Hall–Kier alpha value is -0.0500. The fraction of sp³-hybridized carbons (Fsp3) is 0.588. The topological polar surface area (TPSA) is 35.5 Å². The van der Waals surface area contributed by atoms with Crippen LogP contribution in [0.4, 0.5) is 0 Å². The number of carbonyl (C=O) groups excluding carboxylic acids is 1. The van der Waals surface area contributed by atoms with Crippen LogP contribution in [0.15, 0.2) is 32.8 Å². The maximum absolute atomic E-state index is 12.3. The fourth-order valence-electron chi connectivity index (χ4n) is 2.88. The standard InChI is InChI=1S/C17H22I2O3/c1-10(2)6-7-17-9-12(18)16(3,4)22-15(17)14(19)11(20)8-13(17)21-5/h6,8,12H,7,9H2,1-5H3/t12-,17-/m0/s1. The first-order valence-corrected chi connectivity index (χ1v) is 9.63. The van der Waals surface area contributed by atoms with Crippen molar-refractivity contribution < 1.29 is 14.3 Å². The number of carbonyl (C=O) groups is 1. The average molecular weight is 528 g/mol. The molecule has 1 aliphatic carbocycles. The molecule has 2 aliphatic rings. The number of rotatable bonds is 3. The molecule has 5 heteroatoms. The highest BCUT2D eigenvalue weighted by atomic mass is 127. The zero-order chi connectivity index (χ0) is 16.7. The Morgan fingerprint density at radius 3 is 2.68 bits per heavy atom. The van der Waals surface area contributed by atoms with Crippen LogP contribution >= 0.6 is 45.2 Å². The van der Waals surface area contributed by atoms with Gasteiger partial charge in [-0.25, -0.2) is 0 Å². The molecule has 0 radical (unpaired) electrons. The Balaban J connectivity index is 2.60. The summed E-state index contributed by atoms with van der Waals surface area (Å²) in [5, 5.41) is 0. The van der Waals surface area contributed by atoms with Crippen molar-refractivity contribution >= 4 is 51.0 Å². The highest BCUT2D eigenvalue weighted by molar-refractivity contribution is 14.1. The fourth-order valence-corrected chi connectivity index (χ4v) is 4.54.